The SMILES string of the molecule is Cc1c(C)c(O)c(C)c(-c2nc(SC(F)F)n(C)n2)c1C. The Kier molecular flexibility index (Phi) is 4.22. The molecule has 2 rings (SSSR count). The van der Waals surface area contributed by atoms with Crippen molar-refractivity contribution in [1.82, 2.24) is 14.8 Å². The molecule has 0 radical (unpaired) electrons. The van der Waals surface area contributed by atoms with Gasteiger partial charge in [-0.05, 0) is 56.1 Å². The molecule has 1 aromatic carbocycles. The van der Waals surface area contributed by atoms with Crippen molar-refractivity contribution in [3.8, 4) is 17.1 Å². The topological polar surface area (TPSA) is 50.9 Å². The van der Waals surface area contributed by atoms with E-state index in [0.717, 1.165) is 16.7 Å². The summed E-state index contributed by atoms with van der Waals surface area (Å²) in [6, 6.07) is 0. The first-order valence-corrected chi connectivity index (χ1v) is 7.27. The summed E-state index contributed by atoms with van der Waals surface area (Å²) in [6.45, 7) is 7.45. The van der Waals surface area contributed by atoms with Crippen LogP contribution in [0, 0.1) is 27.7 Å². The molecule has 1 aromatic heterocycles. The van der Waals surface area contributed by atoms with Gasteiger partial charge in [-0.2, -0.15) is 13.9 Å². The number of hydrogen-bond acceptors (Lipinski definition) is 4. The minimum atomic E-state index is -2.55. The van der Waals surface area contributed by atoms with Crippen LogP contribution in [-0.2, 0) is 7.05 Å². The first-order chi connectivity index (χ1) is 9.73. The average Bonchev–Trinajstić information content (AvgIpc) is 2.75. The number of phenolic OH excluding ortho intramolecular Hbond substituents is 1. The molecule has 0 atom stereocenters. The smallest absolute Gasteiger partial charge is 0.291 e. The van der Waals surface area contributed by atoms with Crippen molar-refractivity contribution in [3.05, 3.63) is 22.3 Å². The van der Waals surface area contributed by atoms with E-state index in [1.807, 2.05) is 20.8 Å². The molecule has 4 nitrogen and oxygen atoms in total. The van der Waals surface area contributed by atoms with E-state index in [9.17, 15) is 13.9 Å². The van der Waals surface area contributed by atoms with Crippen LogP contribution in [0.5, 0.6) is 5.75 Å². The van der Waals surface area contributed by atoms with Crippen molar-refractivity contribution >= 4 is 11.8 Å². The Morgan fingerprint density at radius 1 is 1.05 bits per heavy atom. The third-order valence-electron chi connectivity index (χ3n) is 3.73. The molecule has 0 amide bonds. The van der Waals surface area contributed by atoms with Crippen molar-refractivity contribution in [2.45, 2.75) is 38.6 Å². The van der Waals surface area contributed by atoms with Crippen molar-refractivity contribution < 1.29 is 13.9 Å². The maximum Gasteiger partial charge on any atom is 0.291 e. The molecule has 0 unspecified atom stereocenters. The van der Waals surface area contributed by atoms with Crippen LogP contribution in [0.2, 0.25) is 0 Å². The quantitative estimate of drug-likeness (QED) is 0.877. The van der Waals surface area contributed by atoms with Gasteiger partial charge >= 0.3 is 0 Å². The number of nitrogens with zero attached hydrogens (tertiary/aromatic N) is 3. The fourth-order valence-electron chi connectivity index (χ4n) is 2.32. The van der Waals surface area contributed by atoms with E-state index in [1.165, 1.54) is 4.68 Å². The predicted molar refractivity (Wildman–Crippen MR) is 78.9 cm³/mol. The fourth-order valence-corrected chi connectivity index (χ4v) is 2.81. The lowest BCUT2D eigenvalue weighted by molar-refractivity contribution is 0.251. The zero-order valence-corrected chi connectivity index (χ0v) is 13.3. The molecule has 21 heavy (non-hydrogen) atoms. The highest BCUT2D eigenvalue weighted by molar-refractivity contribution is 7.99. The summed E-state index contributed by atoms with van der Waals surface area (Å²) >= 11 is 0.357. The Hall–Kier alpha value is -1.63. The van der Waals surface area contributed by atoms with Gasteiger partial charge in [0, 0.05) is 18.2 Å². The number of hydrogen-bond donors (Lipinski definition) is 1. The molecule has 1 heterocycles. The lowest BCUT2D eigenvalue weighted by Crippen LogP contribution is -1.98. The summed E-state index contributed by atoms with van der Waals surface area (Å²) < 4.78 is 26.3. The number of halogens is 2. The van der Waals surface area contributed by atoms with Gasteiger partial charge in [-0.15, -0.1) is 0 Å². The van der Waals surface area contributed by atoms with Gasteiger partial charge in [0.25, 0.3) is 5.76 Å². The normalized spacial score (nSPS) is 11.4. The fraction of sp³-hybridized carbons (Fsp3) is 0.429. The number of alkyl halides is 2. The lowest BCUT2D eigenvalue weighted by Gasteiger charge is -2.15. The molecule has 0 spiro atoms. The van der Waals surface area contributed by atoms with E-state index in [0.29, 0.717) is 28.7 Å². The monoisotopic (exact) mass is 313 g/mol. The molecule has 0 aliphatic heterocycles. The van der Waals surface area contributed by atoms with E-state index < -0.39 is 5.76 Å². The van der Waals surface area contributed by atoms with Gasteiger partial charge in [0.2, 0.25) is 0 Å². The highest BCUT2D eigenvalue weighted by Gasteiger charge is 2.21. The Balaban J connectivity index is 2.63. The van der Waals surface area contributed by atoms with Gasteiger partial charge in [0.1, 0.15) is 5.75 Å². The molecular weight excluding hydrogens is 296 g/mol. The largest absolute Gasteiger partial charge is 0.507 e. The predicted octanol–water partition coefficient (Wildman–Crippen LogP) is 3.74. The molecule has 0 aliphatic rings. The van der Waals surface area contributed by atoms with Crippen molar-refractivity contribution in [2.75, 3.05) is 0 Å². The minimum Gasteiger partial charge on any atom is -0.507 e. The van der Waals surface area contributed by atoms with Crippen LogP contribution >= 0.6 is 11.8 Å². The number of rotatable bonds is 3. The standard InChI is InChI=1S/C14H17F2N3OS/c1-6-7(2)10(9(4)11(20)8(6)3)12-17-14(19(5)18-12)21-13(15)16/h13,20H,1-5H3. The molecule has 0 aliphatic carbocycles. The summed E-state index contributed by atoms with van der Waals surface area (Å²) in [6.07, 6.45) is 0. The van der Waals surface area contributed by atoms with E-state index in [-0.39, 0.29) is 10.9 Å². The Morgan fingerprint density at radius 3 is 2.24 bits per heavy atom. The summed E-state index contributed by atoms with van der Waals surface area (Å²) in [5, 5.41) is 14.5. The average molecular weight is 313 g/mol. The molecule has 0 bridgehead atoms. The summed E-state index contributed by atoms with van der Waals surface area (Å²) in [5.41, 5.74) is 4.07. The minimum absolute atomic E-state index is 0.150. The van der Waals surface area contributed by atoms with Crippen molar-refractivity contribution in [2.24, 2.45) is 7.05 Å². The maximum absolute atomic E-state index is 12.5. The van der Waals surface area contributed by atoms with E-state index >= 15 is 0 Å². The van der Waals surface area contributed by atoms with Crippen LogP contribution in [0.1, 0.15) is 22.3 Å². The van der Waals surface area contributed by atoms with Crippen LogP contribution < -0.4 is 0 Å². The molecule has 2 aromatic rings. The first kappa shape index (κ1) is 15.8. The molecule has 0 saturated heterocycles. The number of thioether (sulfide) groups is 1. The van der Waals surface area contributed by atoms with Crippen LogP contribution in [0.3, 0.4) is 0 Å². The van der Waals surface area contributed by atoms with Crippen molar-refractivity contribution in [3.63, 3.8) is 0 Å². The number of aromatic hydroxyl groups is 1. The van der Waals surface area contributed by atoms with Gasteiger partial charge in [-0.3, -0.25) is 0 Å². The summed E-state index contributed by atoms with van der Waals surface area (Å²) in [7, 11) is 1.58. The Labute approximate surface area is 126 Å². The van der Waals surface area contributed by atoms with Crippen LogP contribution in [-0.4, -0.2) is 25.6 Å². The van der Waals surface area contributed by atoms with Crippen molar-refractivity contribution in [1.29, 1.82) is 0 Å². The maximum atomic E-state index is 12.5. The van der Waals surface area contributed by atoms with E-state index in [2.05, 4.69) is 10.1 Å². The zero-order valence-electron chi connectivity index (χ0n) is 12.5. The zero-order chi connectivity index (χ0) is 15.9. The highest BCUT2D eigenvalue weighted by atomic mass is 32.2. The van der Waals surface area contributed by atoms with Gasteiger partial charge in [-0.25, -0.2) is 9.67 Å². The second kappa shape index (κ2) is 5.63. The van der Waals surface area contributed by atoms with Gasteiger partial charge in [0.05, 0.1) is 0 Å². The van der Waals surface area contributed by atoms with Gasteiger partial charge in [-0.1, -0.05) is 0 Å². The van der Waals surface area contributed by atoms with Gasteiger partial charge < -0.3 is 5.11 Å². The van der Waals surface area contributed by atoms with Crippen LogP contribution in [0.15, 0.2) is 5.16 Å². The summed E-state index contributed by atoms with van der Waals surface area (Å²) in [4.78, 5) is 4.18. The van der Waals surface area contributed by atoms with Gasteiger partial charge in [0.15, 0.2) is 11.0 Å². The third kappa shape index (κ3) is 2.74. The third-order valence-corrected chi connectivity index (χ3v) is 4.47. The van der Waals surface area contributed by atoms with E-state index in [1.54, 1.807) is 14.0 Å². The Morgan fingerprint density at radius 2 is 1.67 bits per heavy atom. The molecular formula is C14H17F2N3OS. The second-order valence-electron chi connectivity index (χ2n) is 4.94. The molecule has 1 N–H and O–H groups in total. The Bertz CT molecular complexity index is 669. The van der Waals surface area contributed by atoms with Crippen LogP contribution in [0.4, 0.5) is 8.78 Å². The number of phenols is 1. The summed E-state index contributed by atoms with van der Waals surface area (Å²) in [5.74, 6) is -1.99. The molecule has 114 valence electrons. The number of aromatic nitrogens is 3. The van der Waals surface area contributed by atoms with Crippen LogP contribution in [0.25, 0.3) is 11.4 Å². The molecule has 0 fully saturated rings. The second-order valence-corrected chi connectivity index (χ2v) is 5.90. The molecule has 7 heteroatoms. The lowest BCUT2D eigenvalue weighted by atomic mass is 9.93. The van der Waals surface area contributed by atoms with E-state index in [4.69, 9.17) is 0 Å². The molecule has 0 saturated carbocycles. The highest BCUT2D eigenvalue weighted by Crippen LogP contribution is 2.37. The number of aryl methyl sites for hydroxylation is 1. The first-order valence-electron chi connectivity index (χ1n) is 6.39. The number of benzene rings is 1.